The van der Waals surface area contributed by atoms with E-state index in [0.717, 1.165) is 24.2 Å². The van der Waals surface area contributed by atoms with Crippen molar-refractivity contribution in [2.24, 2.45) is 5.92 Å². The zero-order chi connectivity index (χ0) is 14.1. The molecule has 104 valence electrons. The summed E-state index contributed by atoms with van der Waals surface area (Å²) in [6.07, 6.45) is 0.376. The molecule has 4 nitrogen and oxygen atoms in total. The first-order valence-corrected chi connectivity index (χ1v) is 6.96. The number of nitrogens with zero attached hydrogens (tertiary/aromatic N) is 1. The molecule has 3 rings (SSSR count). The molecular formula is C16H18N2O2. The van der Waals surface area contributed by atoms with Crippen LogP contribution in [0.4, 0.5) is 0 Å². The minimum Gasteiger partial charge on any atom is -0.294 e. The van der Waals surface area contributed by atoms with Gasteiger partial charge in [-0.05, 0) is 17.1 Å². The molecule has 0 bridgehead atoms. The van der Waals surface area contributed by atoms with Crippen molar-refractivity contribution in [1.82, 2.24) is 10.2 Å². The third-order valence-electron chi connectivity index (χ3n) is 4.02. The molecule has 1 unspecified atom stereocenters. The Morgan fingerprint density at radius 2 is 2.00 bits per heavy atom. The Morgan fingerprint density at radius 3 is 2.75 bits per heavy atom. The molecule has 4 heteroatoms. The summed E-state index contributed by atoms with van der Waals surface area (Å²) in [4.78, 5) is 25.7. The van der Waals surface area contributed by atoms with E-state index in [1.165, 1.54) is 5.56 Å². The van der Waals surface area contributed by atoms with E-state index in [1.54, 1.807) is 0 Å². The van der Waals surface area contributed by atoms with Crippen LogP contribution in [-0.4, -0.2) is 29.8 Å². The van der Waals surface area contributed by atoms with E-state index in [4.69, 9.17) is 0 Å². The van der Waals surface area contributed by atoms with Crippen LogP contribution in [0.2, 0.25) is 0 Å². The van der Waals surface area contributed by atoms with Crippen LogP contribution in [0.3, 0.4) is 0 Å². The Bertz CT molecular complexity index is 577. The predicted octanol–water partition coefficient (Wildman–Crippen LogP) is 1.48. The molecule has 1 aromatic carbocycles. The SMILES string of the molecule is CC1CN(Cc2ccccc2)CC2=C1CC(=O)NC2=O. The smallest absolute Gasteiger partial charge is 0.255 e. The highest BCUT2D eigenvalue weighted by Gasteiger charge is 2.33. The summed E-state index contributed by atoms with van der Waals surface area (Å²) < 4.78 is 0. The average molecular weight is 270 g/mol. The van der Waals surface area contributed by atoms with Gasteiger partial charge in [-0.1, -0.05) is 37.3 Å². The molecule has 0 aromatic heterocycles. The lowest BCUT2D eigenvalue weighted by atomic mass is 9.86. The fourth-order valence-corrected chi connectivity index (χ4v) is 3.06. The van der Waals surface area contributed by atoms with E-state index in [2.05, 4.69) is 29.3 Å². The minimum atomic E-state index is -0.208. The van der Waals surface area contributed by atoms with Gasteiger partial charge in [0.15, 0.2) is 0 Å². The highest BCUT2D eigenvalue weighted by molar-refractivity contribution is 6.08. The predicted molar refractivity (Wildman–Crippen MR) is 75.7 cm³/mol. The van der Waals surface area contributed by atoms with Gasteiger partial charge < -0.3 is 0 Å². The zero-order valence-electron chi connectivity index (χ0n) is 11.6. The Morgan fingerprint density at radius 1 is 1.25 bits per heavy atom. The first-order valence-electron chi connectivity index (χ1n) is 6.96. The van der Waals surface area contributed by atoms with E-state index in [0.29, 0.717) is 13.0 Å². The lowest BCUT2D eigenvalue weighted by Crippen LogP contribution is -2.46. The number of hydrogen-bond acceptors (Lipinski definition) is 3. The first kappa shape index (κ1) is 13.1. The molecule has 1 atom stereocenters. The first-order chi connectivity index (χ1) is 9.63. The summed E-state index contributed by atoms with van der Waals surface area (Å²) >= 11 is 0. The number of hydrogen-bond donors (Lipinski definition) is 1. The fraction of sp³-hybridized carbons (Fsp3) is 0.375. The van der Waals surface area contributed by atoms with Crippen LogP contribution in [0.15, 0.2) is 41.5 Å². The number of nitrogens with one attached hydrogen (secondary N) is 1. The van der Waals surface area contributed by atoms with E-state index >= 15 is 0 Å². The molecule has 2 aliphatic rings. The van der Waals surface area contributed by atoms with Crippen LogP contribution in [0.1, 0.15) is 18.9 Å². The second kappa shape index (κ2) is 5.21. The van der Waals surface area contributed by atoms with Crippen LogP contribution < -0.4 is 5.32 Å². The lowest BCUT2D eigenvalue weighted by Gasteiger charge is -2.36. The molecule has 0 fully saturated rings. The van der Waals surface area contributed by atoms with E-state index < -0.39 is 0 Å². The largest absolute Gasteiger partial charge is 0.294 e. The Labute approximate surface area is 118 Å². The van der Waals surface area contributed by atoms with Crippen molar-refractivity contribution < 1.29 is 9.59 Å². The van der Waals surface area contributed by atoms with Gasteiger partial charge in [-0.15, -0.1) is 0 Å². The number of amides is 2. The van der Waals surface area contributed by atoms with Crippen LogP contribution in [0.5, 0.6) is 0 Å². The highest BCUT2D eigenvalue weighted by Crippen LogP contribution is 2.29. The number of rotatable bonds is 2. The van der Waals surface area contributed by atoms with E-state index in [1.807, 2.05) is 18.2 Å². The topological polar surface area (TPSA) is 49.4 Å². The van der Waals surface area contributed by atoms with Crippen molar-refractivity contribution in [3.8, 4) is 0 Å². The highest BCUT2D eigenvalue weighted by atomic mass is 16.2. The third-order valence-corrected chi connectivity index (χ3v) is 4.02. The second-order valence-corrected chi connectivity index (χ2v) is 5.61. The van der Waals surface area contributed by atoms with Crippen molar-refractivity contribution >= 4 is 11.8 Å². The maximum absolute atomic E-state index is 12.0. The molecule has 2 amide bonds. The molecule has 2 heterocycles. The van der Waals surface area contributed by atoms with Crippen LogP contribution in [0.25, 0.3) is 0 Å². The van der Waals surface area contributed by atoms with Gasteiger partial charge >= 0.3 is 0 Å². The van der Waals surface area contributed by atoms with Crippen molar-refractivity contribution in [2.45, 2.75) is 19.9 Å². The van der Waals surface area contributed by atoms with Crippen LogP contribution in [0, 0.1) is 5.92 Å². The fourth-order valence-electron chi connectivity index (χ4n) is 3.06. The van der Waals surface area contributed by atoms with E-state index in [-0.39, 0.29) is 17.7 Å². The molecule has 0 spiro atoms. The summed E-state index contributed by atoms with van der Waals surface area (Å²) in [6, 6.07) is 10.2. The van der Waals surface area contributed by atoms with E-state index in [9.17, 15) is 9.59 Å². The van der Waals surface area contributed by atoms with Crippen molar-refractivity contribution in [1.29, 1.82) is 0 Å². The monoisotopic (exact) mass is 270 g/mol. The van der Waals surface area contributed by atoms with Gasteiger partial charge in [0.2, 0.25) is 5.91 Å². The summed E-state index contributed by atoms with van der Waals surface area (Å²) in [5, 5.41) is 2.42. The quantitative estimate of drug-likeness (QED) is 0.828. The van der Waals surface area contributed by atoms with Gasteiger partial charge in [0.25, 0.3) is 5.91 Å². The Balaban J connectivity index is 1.79. The maximum atomic E-state index is 12.0. The van der Waals surface area contributed by atoms with Gasteiger partial charge in [0.1, 0.15) is 0 Å². The summed E-state index contributed by atoms with van der Waals surface area (Å²) in [5.74, 6) is -0.115. The van der Waals surface area contributed by atoms with Gasteiger partial charge in [-0.2, -0.15) is 0 Å². The molecule has 1 N–H and O–H groups in total. The molecule has 20 heavy (non-hydrogen) atoms. The summed E-state index contributed by atoms with van der Waals surface area (Å²) in [7, 11) is 0. The van der Waals surface area contributed by atoms with Crippen LogP contribution in [-0.2, 0) is 16.1 Å². The summed E-state index contributed by atoms with van der Waals surface area (Å²) in [6.45, 7) is 4.46. The number of benzene rings is 1. The molecule has 0 saturated carbocycles. The molecule has 0 radical (unpaired) electrons. The van der Waals surface area contributed by atoms with Crippen molar-refractivity contribution in [3.05, 3.63) is 47.0 Å². The molecule has 1 aromatic rings. The Kier molecular flexibility index (Phi) is 3.40. The molecular weight excluding hydrogens is 252 g/mol. The van der Waals surface area contributed by atoms with Gasteiger partial charge in [-0.25, -0.2) is 0 Å². The van der Waals surface area contributed by atoms with Gasteiger partial charge in [0.05, 0.1) is 0 Å². The van der Waals surface area contributed by atoms with Crippen LogP contribution >= 0.6 is 0 Å². The Hall–Kier alpha value is -1.94. The molecule has 0 aliphatic carbocycles. The molecule has 0 saturated heterocycles. The third kappa shape index (κ3) is 2.51. The van der Waals surface area contributed by atoms with Crippen molar-refractivity contribution in [3.63, 3.8) is 0 Å². The van der Waals surface area contributed by atoms with Crippen molar-refractivity contribution in [2.75, 3.05) is 13.1 Å². The lowest BCUT2D eigenvalue weighted by molar-refractivity contribution is -0.129. The summed E-state index contributed by atoms with van der Waals surface area (Å²) in [5.41, 5.74) is 3.07. The minimum absolute atomic E-state index is 0.169. The zero-order valence-corrected chi connectivity index (χ0v) is 11.6. The number of carbonyl (C=O) groups is 2. The number of carbonyl (C=O) groups excluding carboxylic acids is 2. The maximum Gasteiger partial charge on any atom is 0.255 e. The number of imide groups is 1. The standard InChI is InChI=1S/C16H18N2O2/c1-11-8-18(9-12-5-3-2-4-6-12)10-14-13(11)7-15(19)17-16(14)20/h2-6,11H,7-10H2,1H3,(H,17,19,20). The second-order valence-electron chi connectivity index (χ2n) is 5.61. The van der Waals surface area contributed by atoms with Gasteiger partial charge in [-0.3, -0.25) is 19.8 Å². The van der Waals surface area contributed by atoms with Gasteiger partial charge in [0, 0.05) is 31.6 Å². The average Bonchev–Trinajstić information content (AvgIpc) is 2.41. The molecule has 2 aliphatic heterocycles. The normalized spacial score (nSPS) is 23.6.